The predicted molar refractivity (Wildman–Crippen MR) is 69.0 cm³/mol. The van der Waals surface area contributed by atoms with Crippen molar-refractivity contribution in [2.45, 2.75) is 39.0 Å². The van der Waals surface area contributed by atoms with E-state index < -0.39 is 0 Å². The van der Waals surface area contributed by atoms with E-state index in [-0.39, 0.29) is 5.78 Å². The molecule has 0 heterocycles. The van der Waals surface area contributed by atoms with Crippen LogP contribution in [0.25, 0.3) is 0 Å². The smallest absolute Gasteiger partial charge is 0.211 e. The maximum absolute atomic E-state index is 10.8. The minimum Gasteiger partial charge on any atom is -0.329 e. The average Bonchev–Trinajstić information content (AvgIpc) is 2.29. The van der Waals surface area contributed by atoms with Gasteiger partial charge in [-0.25, -0.2) is 0 Å². The number of amides is 1. The molecular formula is C14H19NO2. The molecule has 1 aromatic carbocycles. The topological polar surface area (TPSA) is 46.2 Å². The summed E-state index contributed by atoms with van der Waals surface area (Å²) in [5.74, 6) is 0.266. The van der Waals surface area contributed by atoms with Crippen LogP contribution in [0.3, 0.4) is 0 Å². The molecular weight excluding hydrogens is 214 g/mol. The number of Topliss-reactive ketones (excluding diaryl/α,β-unsaturated/α-hetero) is 1. The molecule has 0 atom stereocenters. The van der Waals surface area contributed by atoms with E-state index in [2.05, 4.69) is 11.4 Å². The largest absolute Gasteiger partial charge is 0.329 e. The molecule has 1 rings (SSSR count). The molecule has 3 nitrogen and oxygen atoms in total. The number of carbonyl (C=O) groups is 2. The first-order valence-corrected chi connectivity index (χ1v) is 6.01. The maximum atomic E-state index is 10.8. The third-order valence-corrected chi connectivity index (χ3v) is 2.65. The Labute approximate surface area is 102 Å². The van der Waals surface area contributed by atoms with Crippen LogP contribution in [-0.4, -0.2) is 12.2 Å². The highest BCUT2D eigenvalue weighted by molar-refractivity contribution is 5.75. The van der Waals surface area contributed by atoms with Crippen LogP contribution in [0.15, 0.2) is 24.3 Å². The highest BCUT2D eigenvalue weighted by Gasteiger charge is 1.97. The lowest BCUT2D eigenvalue weighted by atomic mass is 10.0. The minimum absolute atomic E-state index is 0.266. The van der Waals surface area contributed by atoms with Crippen molar-refractivity contribution in [3.8, 4) is 0 Å². The van der Waals surface area contributed by atoms with Crippen molar-refractivity contribution < 1.29 is 9.59 Å². The fourth-order valence-corrected chi connectivity index (χ4v) is 1.76. The number of rotatable bonds is 8. The molecule has 0 radical (unpaired) electrons. The number of ketones is 1. The summed E-state index contributed by atoms with van der Waals surface area (Å²) in [6.07, 6.45) is 5.50. The highest BCUT2D eigenvalue weighted by Crippen LogP contribution is 2.13. The van der Waals surface area contributed by atoms with Gasteiger partial charge < -0.3 is 10.1 Å². The molecule has 1 N–H and O–H groups in total. The molecule has 0 aliphatic rings. The standard InChI is InChI=1S/C14H19NO2/c1-12(17)6-3-2-4-7-13-8-5-9-14(10-13)15-11-16/h5,8-11H,2-4,6-7H2,1H3,(H,15,16). The number of anilines is 1. The summed E-state index contributed by atoms with van der Waals surface area (Å²) in [4.78, 5) is 21.1. The Balaban J connectivity index is 2.28. The molecule has 0 aliphatic heterocycles. The van der Waals surface area contributed by atoms with E-state index in [0.29, 0.717) is 12.8 Å². The van der Waals surface area contributed by atoms with Gasteiger partial charge in [-0.3, -0.25) is 4.79 Å². The second-order valence-electron chi connectivity index (χ2n) is 4.23. The first-order valence-electron chi connectivity index (χ1n) is 6.01. The van der Waals surface area contributed by atoms with Gasteiger partial charge in [0.15, 0.2) is 0 Å². The first kappa shape index (κ1) is 13.4. The Bertz CT molecular complexity index is 374. The summed E-state index contributed by atoms with van der Waals surface area (Å²) in [6.45, 7) is 1.63. The predicted octanol–water partition coefficient (Wildman–Crippen LogP) is 2.95. The van der Waals surface area contributed by atoms with Gasteiger partial charge in [0.25, 0.3) is 0 Å². The lowest BCUT2D eigenvalue weighted by Crippen LogP contribution is -1.95. The van der Waals surface area contributed by atoms with Gasteiger partial charge in [-0.1, -0.05) is 18.6 Å². The van der Waals surface area contributed by atoms with Crippen LogP contribution in [0.2, 0.25) is 0 Å². The Morgan fingerprint density at radius 2 is 2.12 bits per heavy atom. The van der Waals surface area contributed by atoms with Crippen molar-refractivity contribution in [1.82, 2.24) is 0 Å². The summed E-state index contributed by atoms with van der Waals surface area (Å²) in [5.41, 5.74) is 2.06. The lowest BCUT2D eigenvalue weighted by molar-refractivity contribution is -0.117. The number of aryl methyl sites for hydroxylation is 1. The zero-order chi connectivity index (χ0) is 12.5. The Morgan fingerprint density at radius 1 is 1.29 bits per heavy atom. The van der Waals surface area contributed by atoms with Gasteiger partial charge >= 0.3 is 0 Å². The fourth-order valence-electron chi connectivity index (χ4n) is 1.76. The number of benzene rings is 1. The van der Waals surface area contributed by atoms with Crippen molar-refractivity contribution >= 4 is 17.9 Å². The molecule has 0 saturated heterocycles. The van der Waals surface area contributed by atoms with Crippen molar-refractivity contribution in [2.24, 2.45) is 0 Å². The monoisotopic (exact) mass is 233 g/mol. The van der Waals surface area contributed by atoms with E-state index >= 15 is 0 Å². The van der Waals surface area contributed by atoms with Crippen LogP contribution in [0.1, 0.15) is 38.2 Å². The van der Waals surface area contributed by atoms with Crippen molar-refractivity contribution in [3.05, 3.63) is 29.8 Å². The van der Waals surface area contributed by atoms with Crippen LogP contribution in [-0.2, 0) is 16.0 Å². The molecule has 17 heavy (non-hydrogen) atoms. The van der Waals surface area contributed by atoms with Gasteiger partial charge in [0.1, 0.15) is 5.78 Å². The van der Waals surface area contributed by atoms with E-state index in [9.17, 15) is 9.59 Å². The quantitative estimate of drug-likeness (QED) is 0.554. The molecule has 92 valence electrons. The molecule has 0 aliphatic carbocycles. The van der Waals surface area contributed by atoms with Crippen LogP contribution >= 0.6 is 0 Å². The van der Waals surface area contributed by atoms with Crippen LogP contribution in [0.5, 0.6) is 0 Å². The molecule has 0 unspecified atom stereocenters. The number of carbonyl (C=O) groups excluding carboxylic acids is 2. The Morgan fingerprint density at radius 3 is 2.82 bits per heavy atom. The fraction of sp³-hybridized carbons (Fsp3) is 0.429. The normalized spacial score (nSPS) is 9.94. The van der Waals surface area contributed by atoms with Gasteiger partial charge in [0, 0.05) is 12.1 Å². The summed E-state index contributed by atoms with van der Waals surface area (Å²) in [7, 11) is 0. The molecule has 1 aromatic rings. The van der Waals surface area contributed by atoms with Gasteiger partial charge in [-0.05, 0) is 43.9 Å². The van der Waals surface area contributed by atoms with Crippen molar-refractivity contribution in [1.29, 1.82) is 0 Å². The average molecular weight is 233 g/mol. The Hall–Kier alpha value is -1.64. The van der Waals surface area contributed by atoms with E-state index in [4.69, 9.17) is 0 Å². The zero-order valence-corrected chi connectivity index (χ0v) is 10.2. The minimum atomic E-state index is 0.266. The lowest BCUT2D eigenvalue weighted by Gasteiger charge is -2.04. The van der Waals surface area contributed by atoms with E-state index in [1.54, 1.807) is 6.92 Å². The SMILES string of the molecule is CC(=O)CCCCCc1cccc(NC=O)c1. The summed E-state index contributed by atoms with van der Waals surface area (Å²) >= 11 is 0. The third-order valence-electron chi connectivity index (χ3n) is 2.65. The van der Waals surface area contributed by atoms with Crippen molar-refractivity contribution in [3.63, 3.8) is 0 Å². The second kappa shape index (κ2) is 7.60. The van der Waals surface area contributed by atoms with Crippen LogP contribution in [0, 0.1) is 0 Å². The van der Waals surface area contributed by atoms with Gasteiger partial charge in [-0.15, -0.1) is 0 Å². The van der Waals surface area contributed by atoms with Gasteiger partial charge in [-0.2, -0.15) is 0 Å². The van der Waals surface area contributed by atoms with Gasteiger partial charge in [0.05, 0.1) is 0 Å². The molecule has 0 bridgehead atoms. The van der Waals surface area contributed by atoms with Crippen molar-refractivity contribution in [2.75, 3.05) is 5.32 Å². The summed E-state index contributed by atoms with van der Waals surface area (Å²) in [6, 6.07) is 7.85. The number of hydrogen-bond donors (Lipinski definition) is 1. The van der Waals surface area contributed by atoms with E-state index in [1.165, 1.54) is 5.56 Å². The number of unbranched alkanes of at least 4 members (excludes halogenated alkanes) is 2. The second-order valence-corrected chi connectivity index (χ2v) is 4.23. The van der Waals surface area contributed by atoms with E-state index in [0.717, 1.165) is 31.4 Å². The highest BCUT2D eigenvalue weighted by atomic mass is 16.1. The first-order chi connectivity index (χ1) is 8.22. The molecule has 0 saturated carbocycles. The maximum Gasteiger partial charge on any atom is 0.211 e. The zero-order valence-electron chi connectivity index (χ0n) is 10.2. The summed E-state index contributed by atoms with van der Waals surface area (Å²) in [5, 5.41) is 2.64. The number of nitrogens with one attached hydrogen (secondary N) is 1. The van der Waals surface area contributed by atoms with E-state index in [1.807, 2.05) is 18.2 Å². The van der Waals surface area contributed by atoms with Crippen LogP contribution in [0.4, 0.5) is 5.69 Å². The molecule has 1 amide bonds. The molecule has 0 spiro atoms. The molecule has 3 heteroatoms. The summed E-state index contributed by atoms with van der Waals surface area (Å²) < 4.78 is 0. The van der Waals surface area contributed by atoms with Gasteiger partial charge in [0.2, 0.25) is 6.41 Å². The third kappa shape index (κ3) is 5.85. The molecule has 0 aromatic heterocycles. The van der Waals surface area contributed by atoms with Crippen LogP contribution < -0.4 is 5.32 Å². The molecule has 0 fully saturated rings. The number of hydrogen-bond acceptors (Lipinski definition) is 2. The Kier molecular flexibility index (Phi) is 6.00.